The van der Waals surface area contributed by atoms with E-state index >= 15 is 0 Å². The zero-order chi connectivity index (χ0) is 12.3. The first-order chi connectivity index (χ1) is 8.20. The van der Waals surface area contributed by atoms with Crippen molar-refractivity contribution in [3.8, 4) is 0 Å². The Balaban J connectivity index is 2.22. The topological polar surface area (TPSA) is 6.48 Å². The molecule has 0 unspecified atom stereocenters. The number of benzene rings is 1. The molecular formula is C13H18Br2N2. The molecule has 0 bridgehead atoms. The van der Waals surface area contributed by atoms with Crippen LogP contribution >= 0.6 is 31.9 Å². The van der Waals surface area contributed by atoms with Crippen LogP contribution in [-0.2, 0) is 5.33 Å². The molecule has 0 atom stereocenters. The molecule has 1 saturated heterocycles. The first-order valence-electron chi connectivity index (χ1n) is 5.98. The van der Waals surface area contributed by atoms with Crippen molar-refractivity contribution in [2.45, 2.75) is 11.8 Å². The molecular weight excluding hydrogens is 344 g/mol. The highest BCUT2D eigenvalue weighted by Crippen LogP contribution is 2.27. The van der Waals surface area contributed by atoms with E-state index in [0.29, 0.717) is 0 Å². The van der Waals surface area contributed by atoms with Crippen molar-refractivity contribution in [2.24, 2.45) is 0 Å². The molecule has 17 heavy (non-hydrogen) atoms. The summed E-state index contributed by atoms with van der Waals surface area (Å²) in [5, 5.41) is 0.919. The van der Waals surface area contributed by atoms with E-state index in [2.05, 4.69) is 66.9 Å². The predicted molar refractivity (Wildman–Crippen MR) is 81.1 cm³/mol. The van der Waals surface area contributed by atoms with E-state index in [-0.39, 0.29) is 0 Å². The van der Waals surface area contributed by atoms with Gasteiger partial charge < -0.3 is 9.80 Å². The van der Waals surface area contributed by atoms with Crippen LogP contribution in [0.2, 0.25) is 0 Å². The van der Waals surface area contributed by atoms with E-state index in [0.717, 1.165) is 29.4 Å². The molecule has 0 spiro atoms. The lowest BCUT2D eigenvalue weighted by Crippen LogP contribution is -2.29. The van der Waals surface area contributed by atoms with Crippen LogP contribution in [0, 0.1) is 0 Å². The van der Waals surface area contributed by atoms with Gasteiger partial charge in [0.2, 0.25) is 0 Å². The molecule has 0 radical (unpaired) electrons. The smallest absolute Gasteiger partial charge is 0.0419 e. The molecule has 0 N–H and O–H groups in total. The number of rotatable bonds is 2. The SMILES string of the molecule is CN1CCCN(c2cc(Br)ccc2CBr)CC1. The Hall–Kier alpha value is -0.0600. The maximum atomic E-state index is 3.58. The molecule has 0 amide bonds. The van der Waals surface area contributed by atoms with Gasteiger partial charge in [0.05, 0.1) is 0 Å². The van der Waals surface area contributed by atoms with Gasteiger partial charge in [-0.1, -0.05) is 37.9 Å². The number of alkyl halides is 1. The second-order valence-electron chi connectivity index (χ2n) is 4.55. The molecule has 1 heterocycles. The van der Waals surface area contributed by atoms with Crippen molar-refractivity contribution in [3.05, 3.63) is 28.2 Å². The summed E-state index contributed by atoms with van der Waals surface area (Å²) >= 11 is 7.15. The fourth-order valence-corrected chi connectivity index (χ4v) is 3.05. The number of hydrogen-bond donors (Lipinski definition) is 0. The van der Waals surface area contributed by atoms with Crippen molar-refractivity contribution in [3.63, 3.8) is 0 Å². The molecule has 0 saturated carbocycles. The van der Waals surface area contributed by atoms with E-state index in [1.54, 1.807) is 0 Å². The summed E-state index contributed by atoms with van der Waals surface area (Å²) in [6, 6.07) is 6.55. The third-order valence-corrected chi connectivity index (χ3v) is 4.35. The van der Waals surface area contributed by atoms with Crippen LogP contribution in [0.5, 0.6) is 0 Å². The van der Waals surface area contributed by atoms with Crippen molar-refractivity contribution in [2.75, 3.05) is 38.1 Å². The molecule has 1 aromatic rings. The summed E-state index contributed by atoms with van der Waals surface area (Å²) in [7, 11) is 2.20. The number of hydrogen-bond acceptors (Lipinski definition) is 2. The molecule has 94 valence electrons. The van der Waals surface area contributed by atoms with Crippen LogP contribution in [0.25, 0.3) is 0 Å². The molecule has 0 aromatic heterocycles. The minimum absolute atomic E-state index is 0.919. The Morgan fingerprint density at radius 2 is 2.00 bits per heavy atom. The summed E-state index contributed by atoms with van der Waals surface area (Å²) in [6.07, 6.45) is 1.24. The normalized spacial score (nSPS) is 18.2. The Morgan fingerprint density at radius 3 is 2.76 bits per heavy atom. The zero-order valence-corrected chi connectivity index (χ0v) is 13.3. The molecule has 2 nitrogen and oxygen atoms in total. The molecule has 2 rings (SSSR count). The first-order valence-corrected chi connectivity index (χ1v) is 7.90. The predicted octanol–water partition coefficient (Wildman–Crippen LogP) is 3.49. The molecule has 0 aliphatic carbocycles. The van der Waals surface area contributed by atoms with Crippen LogP contribution in [0.1, 0.15) is 12.0 Å². The van der Waals surface area contributed by atoms with Crippen molar-refractivity contribution >= 4 is 37.5 Å². The average Bonchev–Trinajstić information content (AvgIpc) is 2.54. The number of likely N-dealkylation sites (N-methyl/N-ethyl adjacent to an activating group) is 1. The maximum Gasteiger partial charge on any atom is 0.0419 e. The molecule has 1 aromatic carbocycles. The van der Waals surface area contributed by atoms with Gasteiger partial charge in [0.1, 0.15) is 0 Å². The van der Waals surface area contributed by atoms with Crippen LogP contribution in [0.4, 0.5) is 5.69 Å². The van der Waals surface area contributed by atoms with E-state index in [9.17, 15) is 0 Å². The highest BCUT2D eigenvalue weighted by atomic mass is 79.9. The van der Waals surface area contributed by atoms with Gasteiger partial charge in [-0.15, -0.1) is 0 Å². The molecule has 1 fully saturated rings. The lowest BCUT2D eigenvalue weighted by Gasteiger charge is -2.25. The summed E-state index contributed by atoms with van der Waals surface area (Å²) in [4.78, 5) is 4.91. The van der Waals surface area contributed by atoms with Crippen molar-refractivity contribution in [1.29, 1.82) is 0 Å². The van der Waals surface area contributed by atoms with Crippen LogP contribution in [0.15, 0.2) is 22.7 Å². The molecule has 4 heteroatoms. The van der Waals surface area contributed by atoms with Gasteiger partial charge in [0.25, 0.3) is 0 Å². The van der Waals surface area contributed by atoms with E-state index in [4.69, 9.17) is 0 Å². The van der Waals surface area contributed by atoms with E-state index in [1.165, 1.54) is 24.2 Å². The van der Waals surface area contributed by atoms with Gasteiger partial charge in [-0.25, -0.2) is 0 Å². The fraction of sp³-hybridized carbons (Fsp3) is 0.538. The number of anilines is 1. The minimum Gasteiger partial charge on any atom is -0.370 e. The van der Waals surface area contributed by atoms with Gasteiger partial charge in [-0.2, -0.15) is 0 Å². The Morgan fingerprint density at radius 1 is 1.18 bits per heavy atom. The highest BCUT2D eigenvalue weighted by Gasteiger charge is 2.15. The number of nitrogens with zero attached hydrogens (tertiary/aromatic N) is 2. The van der Waals surface area contributed by atoms with E-state index in [1.807, 2.05) is 0 Å². The van der Waals surface area contributed by atoms with Crippen LogP contribution < -0.4 is 4.90 Å². The standard InChI is InChI=1S/C13H18Br2N2/c1-16-5-2-6-17(8-7-16)13-9-12(15)4-3-11(13)10-14/h3-4,9H,2,5-8,10H2,1H3. The Labute approximate surface area is 120 Å². The third kappa shape index (κ3) is 3.46. The number of halogens is 2. The van der Waals surface area contributed by atoms with Crippen LogP contribution in [-0.4, -0.2) is 38.1 Å². The molecule has 1 aliphatic heterocycles. The Kier molecular flexibility index (Phi) is 4.88. The van der Waals surface area contributed by atoms with Crippen molar-refractivity contribution in [1.82, 2.24) is 4.90 Å². The average molecular weight is 362 g/mol. The fourth-order valence-electron chi connectivity index (χ4n) is 2.23. The van der Waals surface area contributed by atoms with E-state index < -0.39 is 0 Å². The monoisotopic (exact) mass is 360 g/mol. The quantitative estimate of drug-likeness (QED) is 0.744. The van der Waals surface area contributed by atoms with Crippen molar-refractivity contribution < 1.29 is 0 Å². The third-order valence-electron chi connectivity index (χ3n) is 3.25. The van der Waals surface area contributed by atoms with Gasteiger partial charge in [-0.05, 0) is 37.7 Å². The lowest BCUT2D eigenvalue weighted by molar-refractivity contribution is 0.360. The molecule has 1 aliphatic rings. The van der Waals surface area contributed by atoms with Gasteiger partial charge in [-0.3, -0.25) is 0 Å². The zero-order valence-electron chi connectivity index (χ0n) is 10.1. The van der Waals surface area contributed by atoms with Gasteiger partial charge in [0, 0.05) is 35.1 Å². The van der Waals surface area contributed by atoms with Crippen LogP contribution in [0.3, 0.4) is 0 Å². The summed E-state index contributed by atoms with van der Waals surface area (Å²) in [6.45, 7) is 4.62. The Bertz CT molecular complexity index is 382. The lowest BCUT2D eigenvalue weighted by atomic mass is 10.2. The highest BCUT2D eigenvalue weighted by molar-refractivity contribution is 9.10. The second kappa shape index (κ2) is 6.21. The minimum atomic E-state index is 0.919. The first kappa shape index (κ1) is 13.4. The summed E-state index contributed by atoms with van der Waals surface area (Å²) < 4.78 is 1.16. The summed E-state index contributed by atoms with van der Waals surface area (Å²) in [5.41, 5.74) is 2.74. The largest absolute Gasteiger partial charge is 0.370 e. The maximum absolute atomic E-state index is 3.58. The second-order valence-corrected chi connectivity index (χ2v) is 6.03. The van der Waals surface area contributed by atoms with Gasteiger partial charge >= 0.3 is 0 Å². The summed E-state index contributed by atoms with van der Waals surface area (Å²) in [5.74, 6) is 0. The van der Waals surface area contributed by atoms with Gasteiger partial charge in [0.15, 0.2) is 0 Å².